The standard InChI is InChI=1S/C13H22N2O/c1-12-4-6-13(7-5-12)16-11-9-14-8-10-15(2)3/h4-7,14H,8-11H2,1-3H3. The van der Waals surface area contributed by atoms with E-state index < -0.39 is 0 Å². The van der Waals surface area contributed by atoms with E-state index >= 15 is 0 Å². The molecule has 0 aliphatic heterocycles. The van der Waals surface area contributed by atoms with Crippen molar-refractivity contribution in [2.24, 2.45) is 0 Å². The Morgan fingerprint density at radius 2 is 1.81 bits per heavy atom. The summed E-state index contributed by atoms with van der Waals surface area (Å²) in [5.74, 6) is 0.944. The summed E-state index contributed by atoms with van der Waals surface area (Å²) in [5, 5.41) is 3.33. The largest absolute Gasteiger partial charge is 0.492 e. The molecule has 16 heavy (non-hydrogen) atoms. The topological polar surface area (TPSA) is 24.5 Å². The zero-order valence-electron chi connectivity index (χ0n) is 10.5. The van der Waals surface area contributed by atoms with Crippen LogP contribution in [0.25, 0.3) is 0 Å². The summed E-state index contributed by atoms with van der Waals surface area (Å²) in [6, 6.07) is 8.15. The molecule has 3 nitrogen and oxygen atoms in total. The van der Waals surface area contributed by atoms with Gasteiger partial charge in [-0.1, -0.05) is 17.7 Å². The van der Waals surface area contributed by atoms with Crippen molar-refractivity contribution in [3.8, 4) is 5.75 Å². The van der Waals surface area contributed by atoms with Gasteiger partial charge in [-0.2, -0.15) is 0 Å². The summed E-state index contributed by atoms with van der Waals surface area (Å²) >= 11 is 0. The average Bonchev–Trinajstić information content (AvgIpc) is 2.25. The first-order valence-corrected chi connectivity index (χ1v) is 5.73. The summed E-state index contributed by atoms with van der Waals surface area (Å²) in [7, 11) is 4.15. The highest BCUT2D eigenvalue weighted by Crippen LogP contribution is 2.10. The second-order valence-corrected chi connectivity index (χ2v) is 4.21. The van der Waals surface area contributed by atoms with Crippen LogP contribution in [0.1, 0.15) is 5.56 Å². The van der Waals surface area contributed by atoms with Crippen LogP contribution in [0.3, 0.4) is 0 Å². The smallest absolute Gasteiger partial charge is 0.119 e. The molecule has 0 saturated carbocycles. The molecule has 0 saturated heterocycles. The maximum absolute atomic E-state index is 5.59. The first kappa shape index (κ1) is 13.0. The number of aryl methyl sites for hydroxylation is 1. The van der Waals surface area contributed by atoms with Crippen molar-refractivity contribution >= 4 is 0 Å². The fourth-order valence-corrected chi connectivity index (χ4v) is 1.30. The molecule has 0 radical (unpaired) electrons. The van der Waals surface area contributed by atoms with Gasteiger partial charge in [-0.05, 0) is 33.2 Å². The highest BCUT2D eigenvalue weighted by atomic mass is 16.5. The Balaban J connectivity index is 2.05. The van der Waals surface area contributed by atoms with Crippen LogP contribution in [0, 0.1) is 6.92 Å². The van der Waals surface area contributed by atoms with Crippen LogP contribution in [0.2, 0.25) is 0 Å². The molecule has 0 aliphatic rings. The number of nitrogens with one attached hydrogen (secondary N) is 1. The highest BCUT2D eigenvalue weighted by molar-refractivity contribution is 5.26. The van der Waals surface area contributed by atoms with Gasteiger partial charge in [0.25, 0.3) is 0 Å². The average molecular weight is 222 g/mol. The summed E-state index contributed by atoms with van der Waals surface area (Å²) < 4.78 is 5.59. The third-order valence-electron chi connectivity index (χ3n) is 2.30. The number of likely N-dealkylation sites (N-methyl/N-ethyl adjacent to an activating group) is 1. The Bertz CT molecular complexity index is 282. The molecular weight excluding hydrogens is 200 g/mol. The molecule has 0 atom stereocenters. The molecule has 3 heteroatoms. The van der Waals surface area contributed by atoms with E-state index in [2.05, 4.69) is 43.4 Å². The summed E-state index contributed by atoms with van der Waals surface area (Å²) in [6.07, 6.45) is 0. The van der Waals surface area contributed by atoms with Crippen LogP contribution < -0.4 is 10.1 Å². The second-order valence-electron chi connectivity index (χ2n) is 4.21. The molecule has 0 unspecified atom stereocenters. The fourth-order valence-electron chi connectivity index (χ4n) is 1.30. The lowest BCUT2D eigenvalue weighted by molar-refractivity contribution is 0.308. The lowest BCUT2D eigenvalue weighted by atomic mass is 10.2. The predicted octanol–water partition coefficient (Wildman–Crippen LogP) is 1.53. The molecule has 1 aromatic carbocycles. The summed E-state index contributed by atoms with van der Waals surface area (Å²) in [5.41, 5.74) is 1.26. The van der Waals surface area contributed by atoms with Gasteiger partial charge in [-0.15, -0.1) is 0 Å². The summed E-state index contributed by atoms with van der Waals surface area (Å²) in [6.45, 7) is 5.75. The Kier molecular flexibility index (Phi) is 5.90. The normalized spacial score (nSPS) is 10.8. The molecule has 1 N–H and O–H groups in total. The third-order valence-corrected chi connectivity index (χ3v) is 2.30. The monoisotopic (exact) mass is 222 g/mol. The zero-order chi connectivity index (χ0) is 11.8. The van der Waals surface area contributed by atoms with E-state index in [0.29, 0.717) is 0 Å². The van der Waals surface area contributed by atoms with Crippen LogP contribution in [0.5, 0.6) is 5.75 Å². The van der Waals surface area contributed by atoms with Crippen LogP contribution in [0.15, 0.2) is 24.3 Å². The van der Waals surface area contributed by atoms with Gasteiger partial charge in [0.15, 0.2) is 0 Å². The Hall–Kier alpha value is -1.06. The lowest BCUT2D eigenvalue weighted by Crippen LogP contribution is -2.29. The van der Waals surface area contributed by atoms with Gasteiger partial charge in [0.2, 0.25) is 0 Å². The van der Waals surface area contributed by atoms with Crippen molar-refractivity contribution in [3.05, 3.63) is 29.8 Å². The number of hydrogen-bond acceptors (Lipinski definition) is 3. The second kappa shape index (κ2) is 7.25. The van der Waals surface area contributed by atoms with Gasteiger partial charge in [0.05, 0.1) is 0 Å². The number of rotatable bonds is 7. The van der Waals surface area contributed by atoms with Gasteiger partial charge in [0.1, 0.15) is 12.4 Å². The predicted molar refractivity (Wildman–Crippen MR) is 68.1 cm³/mol. The number of hydrogen-bond donors (Lipinski definition) is 1. The fraction of sp³-hybridized carbons (Fsp3) is 0.538. The van der Waals surface area contributed by atoms with Crippen molar-refractivity contribution in [1.82, 2.24) is 10.2 Å². The minimum Gasteiger partial charge on any atom is -0.492 e. The third kappa shape index (κ3) is 5.73. The van der Waals surface area contributed by atoms with Crippen molar-refractivity contribution in [2.75, 3.05) is 40.3 Å². The van der Waals surface area contributed by atoms with Crippen molar-refractivity contribution in [1.29, 1.82) is 0 Å². The van der Waals surface area contributed by atoms with Crippen LogP contribution in [-0.2, 0) is 0 Å². The maximum atomic E-state index is 5.59. The SMILES string of the molecule is Cc1ccc(OCCNCCN(C)C)cc1. The Labute approximate surface area is 98.4 Å². The Morgan fingerprint density at radius 1 is 1.12 bits per heavy atom. The lowest BCUT2D eigenvalue weighted by Gasteiger charge is -2.11. The van der Waals surface area contributed by atoms with Crippen LogP contribution in [0.4, 0.5) is 0 Å². The van der Waals surface area contributed by atoms with Crippen molar-refractivity contribution in [3.63, 3.8) is 0 Å². The van der Waals surface area contributed by atoms with Gasteiger partial charge >= 0.3 is 0 Å². The van der Waals surface area contributed by atoms with E-state index in [1.165, 1.54) is 5.56 Å². The molecule has 0 spiro atoms. The van der Waals surface area contributed by atoms with E-state index in [4.69, 9.17) is 4.74 Å². The maximum Gasteiger partial charge on any atom is 0.119 e. The molecule has 0 amide bonds. The highest BCUT2D eigenvalue weighted by Gasteiger charge is 1.93. The number of benzene rings is 1. The van der Waals surface area contributed by atoms with E-state index in [-0.39, 0.29) is 0 Å². The minimum atomic E-state index is 0.719. The molecule has 0 aliphatic carbocycles. The van der Waals surface area contributed by atoms with Gasteiger partial charge in [0, 0.05) is 19.6 Å². The molecule has 0 heterocycles. The first-order chi connectivity index (χ1) is 7.68. The molecule has 1 aromatic rings. The van der Waals surface area contributed by atoms with E-state index in [1.807, 2.05) is 12.1 Å². The number of ether oxygens (including phenoxy) is 1. The minimum absolute atomic E-state index is 0.719. The first-order valence-electron chi connectivity index (χ1n) is 5.73. The van der Waals surface area contributed by atoms with E-state index in [0.717, 1.165) is 32.0 Å². The molecular formula is C13H22N2O. The molecule has 0 fully saturated rings. The van der Waals surface area contributed by atoms with Crippen molar-refractivity contribution in [2.45, 2.75) is 6.92 Å². The van der Waals surface area contributed by atoms with E-state index in [9.17, 15) is 0 Å². The summed E-state index contributed by atoms with van der Waals surface area (Å²) in [4.78, 5) is 2.16. The number of nitrogens with zero attached hydrogens (tertiary/aromatic N) is 1. The molecule has 0 aromatic heterocycles. The van der Waals surface area contributed by atoms with Gasteiger partial charge in [-0.25, -0.2) is 0 Å². The van der Waals surface area contributed by atoms with Crippen LogP contribution in [-0.4, -0.2) is 45.2 Å². The van der Waals surface area contributed by atoms with E-state index in [1.54, 1.807) is 0 Å². The molecule has 90 valence electrons. The van der Waals surface area contributed by atoms with Gasteiger partial charge < -0.3 is 15.0 Å². The zero-order valence-corrected chi connectivity index (χ0v) is 10.5. The van der Waals surface area contributed by atoms with Gasteiger partial charge in [-0.3, -0.25) is 0 Å². The quantitative estimate of drug-likeness (QED) is 0.708. The van der Waals surface area contributed by atoms with Crippen LogP contribution >= 0.6 is 0 Å². The Morgan fingerprint density at radius 3 is 2.44 bits per heavy atom. The molecule has 0 bridgehead atoms. The molecule has 1 rings (SSSR count). The van der Waals surface area contributed by atoms with Crippen molar-refractivity contribution < 1.29 is 4.74 Å².